The number of halogens is 3. The van der Waals surface area contributed by atoms with Gasteiger partial charge < -0.3 is 14.5 Å². The van der Waals surface area contributed by atoms with Crippen LogP contribution in [-0.4, -0.2) is 66.2 Å². The molecule has 3 aromatic rings. The molecule has 4 heterocycles. The molecule has 0 radical (unpaired) electrons. The molecule has 4 unspecified atom stereocenters. The van der Waals surface area contributed by atoms with Crippen LogP contribution in [0.5, 0.6) is 0 Å². The number of para-hydroxylation sites is 1. The fraction of sp³-hybridized carbons (Fsp3) is 0.464. The quantitative estimate of drug-likeness (QED) is 0.507. The first-order valence-corrected chi connectivity index (χ1v) is 12.8. The lowest BCUT2D eigenvalue weighted by atomic mass is 9.79. The molecule has 6 rings (SSSR count). The summed E-state index contributed by atoms with van der Waals surface area (Å²) in [7, 11) is 1.40. The second kappa shape index (κ2) is 9.45. The van der Waals surface area contributed by atoms with Crippen molar-refractivity contribution < 1.29 is 27.4 Å². The third kappa shape index (κ3) is 4.32. The van der Waals surface area contributed by atoms with Crippen LogP contribution in [0.2, 0.25) is 0 Å². The van der Waals surface area contributed by atoms with Crippen LogP contribution in [0, 0.1) is 0 Å². The number of aromatic amines is 1. The maximum absolute atomic E-state index is 13.3. The van der Waals surface area contributed by atoms with Gasteiger partial charge in [0.15, 0.2) is 0 Å². The number of hydrogen-bond acceptors (Lipinski definition) is 5. The van der Waals surface area contributed by atoms with E-state index in [9.17, 15) is 18.0 Å². The monoisotopic (exact) mass is 513 g/mol. The van der Waals surface area contributed by atoms with Crippen molar-refractivity contribution in [1.29, 1.82) is 0 Å². The number of fused-ring (bicyclic) bond motifs is 5. The molecule has 0 spiro atoms. The largest absolute Gasteiger partial charge is 0.468 e. The molecular weight excluding hydrogens is 483 g/mol. The highest BCUT2D eigenvalue weighted by atomic mass is 19.4. The summed E-state index contributed by atoms with van der Waals surface area (Å²) in [6, 6.07) is 12.9. The molecule has 2 aromatic carbocycles. The van der Waals surface area contributed by atoms with Gasteiger partial charge in [-0.1, -0.05) is 30.3 Å². The second-order valence-corrected chi connectivity index (χ2v) is 10.2. The van der Waals surface area contributed by atoms with Crippen molar-refractivity contribution >= 4 is 16.9 Å². The number of morpholine rings is 1. The van der Waals surface area contributed by atoms with E-state index in [4.69, 9.17) is 9.47 Å². The van der Waals surface area contributed by atoms with E-state index in [-0.39, 0.29) is 24.1 Å². The molecular formula is C28H30F3N3O3. The number of rotatable bonds is 3. The summed E-state index contributed by atoms with van der Waals surface area (Å²) in [4.78, 5) is 21.4. The number of nitrogens with zero attached hydrogens (tertiary/aromatic N) is 2. The van der Waals surface area contributed by atoms with Gasteiger partial charge in [0.1, 0.15) is 6.04 Å². The van der Waals surface area contributed by atoms with Gasteiger partial charge in [-0.05, 0) is 42.2 Å². The van der Waals surface area contributed by atoms with Gasteiger partial charge in [-0.25, -0.2) is 0 Å². The maximum Gasteiger partial charge on any atom is 0.416 e. The molecule has 0 bridgehead atoms. The smallest absolute Gasteiger partial charge is 0.416 e. The van der Waals surface area contributed by atoms with E-state index in [1.54, 1.807) is 12.1 Å². The Hall–Kier alpha value is -2.88. The Labute approximate surface area is 213 Å². The van der Waals surface area contributed by atoms with Crippen molar-refractivity contribution in [3.8, 4) is 0 Å². The van der Waals surface area contributed by atoms with E-state index in [1.807, 2.05) is 18.2 Å². The lowest BCUT2D eigenvalue weighted by Crippen LogP contribution is -2.57. The van der Waals surface area contributed by atoms with Crippen LogP contribution in [0.15, 0.2) is 48.5 Å². The number of hydrogen-bond donors (Lipinski definition) is 1. The van der Waals surface area contributed by atoms with Crippen LogP contribution in [-0.2, 0) is 26.9 Å². The Morgan fingerprint density at radius 1 is 1.03 bits per heavy atom. The minimum atomic E-state index is -4.40. The van der Waals surface area contributed by atoms with Gasteiger partial charge in [0.05, 0.1) is 31.9 Å². The molecule has 3 aliphatic heterocycles. The predicted molar refractivity (Wildman–Crippen MR) is 132 cm³/mol. The summed E-state index contributed by atoms with van der Waals surface area (Å²) in [5.74, 6) is -0.317. The van der Waals surface area contributed by atoms with Gasteiger partial charge in [-0.2, -0.15) is 13.2 Å². The van der Waals surface area contributed by atoms with Gasteiger partial charge >= 0.3 is 12.1 Å². The molecule has 1 N–H and O–H groups in total. The summed E-state index contributed by atoms with van der Waals surface area (Å²) < 4.78 is 50.8. The van der Waals surface area contributed by atoms with Gasteiger partial charge in [0.25, 0.3) is 0 Å². The van der Waals surface area contributed by atoms with Crippen LogP contribution in [0.25, 0.3) is 10.9 Å². The number of aromatic nitrogens is 1. The number of esters is 1. The Morgan fingerprint density at radius 3 is 2.43 bits per heavy atom. The average molecular weight is 514 g/mol. The molecule has 2 fully saturated rings. The number of alkyl halides is 3. The number of nitrogens with one attached hydrogen (secondary N) is 1. The van der Waals surface area contributed by atoms with E-state index < -0.39 is 17.8 Å². The molecule has 6 nitrogen and oxygen atoms in total. The standard InChI is InChI=1S/C28H30F3N3O3/c1-36-27(35)25-16-21-20-4-2-3-5-22(20)32-26(21)24-15-19(33-10-12-37-13-11-33)14-23(34(24)25)17-6-8-18(9-7-17)28(29,30)31/h2-9,19,23-25,32H,10-16H2,1H3. The van der Waals surface area contributed by atoms with Crippen LogP contribution in [0.4, 0.5) is 13.2 Å². The minimum Gasteiger partial charge on any atom is -0.468 e. The Bertz CT molecular complexity index is 1280. The van der Waals surface area contributed by atoms with Crippen molar-refractivity contribution in [3.63, 3.8) is 0 Å². The van der Waals surface area contributed by atoms with Crippen LogP contribution < -0.4 is 0 Å². The average Bonchev–Trinajstić information content (AvgIpc) is 3.30. The summed E-state index contributed by atoms with van der Waals surface area (Å²) in [5.41, 5.74) is 3.36. The number of benzene rings is 2. The lowest BCUT2D eigenvalue weighted by Gasteiger charge is -2.52. The Morgan fingerprint density at radius 2 is 1.73 bits per heavy atom. The first kappa shape index (κ1) is 24.5. The third-order valence-electron chi connectivity index (χ3n) is 8.31. The number of carbonyl (C=O) groups excluding carboxylic acids is 1. The number of methoxy groups -OCH3 is 1. The molecule has 4 atom stereocenters. The molecule has 37 heavy (non-hydrogen) atoms. The molecule has 9 heteroatoms. The highest BCUT2D eigenvalue weighted by molar-refractivity contribution is 5.87. The lowest BCUT2D eigenvalue weighted by molar-refractivity contribution is -0.153. The Kier molecular flexibility index (Phi) is 6.25. The molecule has 2 saturated heterocycles. The zero-order chi connectivity index (χ0) is 25.7. The van der Waals surface area contributed by atoms with E-state index >= 15 is 0 Å². The fourth-order valence-electron chi connectivity index (χ4n) is 6.58. The van der Waals surface area contributed by atoms with Crippen molar-refractivity contribution in [1.82, 2.24) is 14.8 Å². The van der Waals surface area contributed by atoms with E-state index in [2.05, 4.69) is 20.9 Å². The maximum atomic E-state index is 13.3. The predicted octanol–water partition coefficient (Wildman–Crippen LogP) is 4.86. The first-order valence-electron chi connectivity index (χ1n) is 12.8. The SMILES string of the molecule is COC(=O)C1Cc2c([nH]c3ccccc23)C2CC(N3CCOCC3)CC(c3ccc(C(F)(F)F)cc3)N12. The van der Waals surface area contributed by atoms with Crippen molar-refractivity contribution in [2.75, 3.05) is 33.4 Å². The second-order valence-electron chi connectivity index (χ2n) is 10.2. The zero-order valence-corrected chi connectivity index (χ0v) is 20.6. The molecule has 0 amide bonds. The van der Waals surface area contributed by atoms with E-state index in [0.29, 0.717) is 26.1 Å². The van der Waals surface area contributed by atoms with Crippen LogP contribution >= 0.6 is 0 Å². The van der Waals surface area contributed by atoms with Gasteiger partial charge in [-0.3, -0.25) is 14.6 Å². The molecule has 196 valence electrons. The van der Waals surface area contributed by atoms with E-state index in [0.717, 1.165) is 59.4 Å². The van der Waals surface area contributed by atoms with Gasteiger partial charge in [0, 0.05) is 48.2 Å². The van der Waals surface area contributed by atoms with Gasteiger partial charge in [0.2, 0.25) is 0 Å². The molecule has 3 aliphatic rings. The number of piperidine rings is 1. The summed E-state index contributed by atoms with van der Waals surface area (Å²) >= 11 is 0. The normalized spacial score (nSPS) is 27.0. The van der Waals surface area contributed by atoms with Crippen molar-refractivity contribution in [3.05, 3.63) is 70.9 Å². The molecule has 0 aliphatic carbocycles. The van der Waals surface area contributed by atoms with Crippen molar-refractivity contribution in [2.45, 2.75) is 49.6 Å². The highest BCUT2D eigenvalue weighted by Gasteiger charge is 2.49. The number of ether oxygens (including phenoxy) is 2. The number of carbonyl (C=O) groups is 1. The summed E-state index contributed by atoms with van der Waals surface area (Å²) in [6.45, 7) is 2.96. The third-order valence-corrected chi connectivity index (χ3v) is 8.31. The summed E-state index contributed by atoms with van der Waals surface area (Å²) in [5, 5.41) is 1.10. The zero-order valence-electron chi connectivity index (χ0n) is 20.6. The highest BCUT2D eigenvalue weighted by Crippen LogP contribution is 2.50. The molecule has 0 saturated carbocycles. The van der Waals surface area contributed by atoms with Crippen LogP contribution in [0.3, 0.4) is 0 Å². The summed E-state index contributed by atoms with van der Waals surface area (Å²) in [6.07, 6.45) is -2.39. The topological polar surface area (TPSA) is 57.8 Å². The fourth-order valence-corrected chi connectivity index (χ4v) is 6.58. The first-order chi connectivity index (χ1) is 17.8. The Balaban J connectivity index is 1.47. The van der Waals surface area contributed by atoms with Crippen LogP contribution in [0.1, 0.15) is 47.3 Å². The van der Waals surface area contributed by atoms with Crippen molar-refractivity contribution in [2.24, 2.45) is 0 Å². The minimum absolute atomic E-state index is 0.103. The molecule has 1 aromatic heterocycles. The van der Waals surface area contributed by atoms with E-state index in [1.165, 1.54) is 7.11 Å². The van der Waals surface area contributed by atoms with Gasteiger partial charge in [-0.15, -0.1) is 0 Å². The number of H-pyrrole nitrogens is 1.